The summed E-state index contributed by atoms with van der Waals surface area (Å²) in [4.78, 5) is 13.0. The van der Waals surface area contributed by atoms with Crippen LogP contribution in [0.3, 0.4) is 0 Å². The first kappa shape index (κ1) is 24.6. The van der Waals surface area contributed by atoms with Gasteiger partial charge in [0.05, 0.1) is 4.90 Å². The number of aryl methyl sites for hydroxylation is 2. The largest absolute Gasteiger partial charge is 0.358 e. The third-order valence-electron chi connectivity index (χ3n) is 5.67. The minimum Gasteiger partial charge on any atom is -0.358 e. The molecule has 0 aliphatic carbocycles. The van der Waals surface area contributed by atoms with Crippen LogP contribution in [0.25, 0.3) is 0 Å². The van der Waals surface area contributed by atoms with Gasteiger partial charge in [0.1, 0.15) is 11.9 Å². The van der Waals surface area contributed by atoms with E-state index in [0.717, 1.165) is 16.7 Å². The molecule has 1 amide bonds. The standard InChI is InChI=1S/C26H29FN2O3S/c1-18-17-21(12-15-23(18)27)24(16-11-19-9-13-22(14-10-19)33(3,31)32)29-25(26(30)28-2)20-7-5-4-6-8-20/h4-10,12-15,17,24-25,29H,11,16H2,1-3H3,(H,28,30). The van der Waals surface area contributed by atoms with Crippen molar-refractivity contribution in [1.29, 1.82) is 0 Å². The van der Waals surface area contributed by atoms with E-state index in [1.165, 1.54) is 12.3 Å². The molecule has 2 N–H and O–H groups in total. The third kappa shape index (κ3) is 6.49. The maximum Gasteiger partial charge on any atom is 0.241 e. The fraction of sp³-hybridized carbons (Fsp3) is 0.269. The minimum absolute atomic E-state index is 0.164. The summed E-state index contributed by atoms with van der Waals surface area (Å²) in [6.45, 7) is 1.72. The SMILES string of the molecule is CNC(=O)C(NC(CCc1ccc(S(C)(=O)=O)cc1)c1ccc(F)c(C)c1)c1ccccc1. The van der Waals surface area contributed by atoms with Gasteiger partial charge in [-0.2, -0.15) is 0 Å². The van der Waals surface area contributed by atoms with E-state index in [1.807, 2.05) is 30.3 Å². The van der Waals surface area contributed by atoms with E-state index >= 15 is 0 Å². The molecule has 3 aromatic rings. The van der Waals surface area contributed by atoms with Gasteiger partial charge in [-0.25, -0.2) is 12.8 Å². The second-order valence-electron chi connectivity index (χ2n) is 8.14. The molecule has 2 atom stereocenters. The number of benzene rings is 3. The Hall–Kier alpha value is -3.03. The molecule has 0 aliphatic rings. The monoisotopic (exact) mass is 468 g/mol. The van der Waals surface area contributed by atoms with Crippen LogP contribution in [0.5, 0.6) is 0 Å². The summed E-state index contributed by atoms with van der Waals surface area (Å²) >= 11 is 0. The van der Waals surface area contributed by atoms with Gasteiger partial charge in [-0.3, -0.25) is 10.1 Å². The average molecular weight is 469 g/mol. The van der Waals surface area contributed by atoms with Crippen LogP contribution in [0.1, 0.15) is 40.8 Å². The maximum atomic E-state index is 13.9. The van der Waals surface area contributed by atoms with Crippen molar-refractivity contribution in [1.82, 2.24) is 10.6 Å². The Labute approximate surface area is 195 Å². The molecule has 0 spiro atoms. The zero-order valence-corrected chi connectivity index (χ0v) is 19.8. The van der Waals surface area contributed by atoms with Gasteiger partial charge >= 0.3 is 0 Å². The van der Waals surface area contributed by atoms with Crippen molar-refractivity contribution in [2.75, 3.05) is 13.3 Å². The number of nitrogens with one attached hydrogen (secondary N) is 2. The molecule has 33 heavy (non-hydrogen) atoms. The molecule has 5 nitrogen and oxygen atoms in total. The van der Waals surface area contributed by atoms with E-state index in [2.05, 4.69) is 10.6 Å². The van der Waals surface area contributed by atoms with Crippen LogP contribution in [-0.2, 0) is 21.1 Å². The van der Waals surface area contributed by atoms with E-state index in [4.69, 9.17) is 0 Å². The van der Waals surface area contributed by atoms with Gasteiger partial charge in [0.2, 0.25) is 5.91 Å². The molecule has 2 unspecified atom stereocenters. The zero-order chi connectivity index (χ0) is 24.0. The highest BCUT2D eigenvalue weighted by atomic mass is 32.2. The summed E-state index contributed by atoms with van der Waals surface area (Å²) in [7, 11) is -1.66. The Morgan fingerprint density at radius 3 is 2.21 bits per heavy atom. The average Bonchev–Trinajstić information content (AvgIpc) is 2.81. The molecule has 0 aromatic heterocycles. The van der Waals surface area contributed by atoms with Crippen molar-refractivity contribution in [2.24, 2.45) is 0 Å². The lowest BCUT2D eigenvalue weighted by Gasteiger charge is -2.26. The van der Waals surface area contributed by atoms with Crippen molar-refractivity contribution in [3.8, 4) is 0 Å². The fourth-order valence-electron chi connectivity index (χ4n) is 3.76. The predicted molar refractivity (Wildman–Crippen MR) is 128 cm³/mol. The molecule has 0 heterocycles. The lowest BCUT2D eigenvalue weighted by molar-refractivity contribution is -0.123. The minimum atomic E-state index is -3.25. The van der Waals surface area contributed by atoms with Gasteiger partial charge in [0.25, 0.3) is 0 Å². The second kappa shape index (κ2) is 10.7. The molecule has 174 valence electrons. The molecule has 0 aliphatic heterocycles. The second-order valence-corrected chi connectivity index (χ2v) is 10.2. The summed E-state index contributed by atoms with van der Waals surface area (Å²) in [5.74, 6) is -0.442. The van der Waals surface area contributed by atoms with Crippen molar-refractivity contribution in [2.45, 2.75) is 36.7 Å². The molecule has 3 rings (SSSR count). The van der Waals surface area contributed by atoms with Crippen LogP contribution >= 0.6 is 0 Å². The summed E-state index contributed by atoms with van der Waals surface area (Å²) in [6.07, 6.45) is 2.46. The highest BCUT2D eigenvalue weighted by Crippen LogP contribution is 2.26. The van der Waals surface area contributed by atoms with Crippen molar-refractivity contribution >= 4 is 15.7 Å². The Bertz CT molecular complexity index is 1200. The van der Waals surface area contributed by atoms with E-state index in [1.54, 1.807) is 50.4 Å². The van der Waals surface area contributed by atoms with Crippen molar-refractivity contribution < 1.29 is 17.6 Å². The number of likely N-dealkylation sites (N-methyl/N-ethyl adjacent to an activating group) is 1. The van der Waals surface area contributed by atoms with Crippen LogP contribution in [0.15, 0.2) is 77.7 Å². The topological polar surface area (TPSA) is 75.3 Å². The number of hydrogen-bond donors (Lipinski definition) is 2. The van der Waals surface area contributed by atoms with E-state index < -0.39 is 15.9 Å². The number of sulfone groups is 1. The molecule has 0 fully saturated rings. The Morgan fingerprint density at radius 1 is 0.970 bits per heavy atom. The molecule has 0 radical (unpaired) electrons. The maximum absolute atomic E-state index is 13.9. The van der Waals surface area contributed by atoms with Crippen molar-refractivity contribution in [3.63, 3.8) is 0 Å². The number of rotatable bonds is 9. The van der Waals surface area contributed by atoms with Crippen LogP contribution in [0.2, 0.25) is 0 Å². The normalized spacial score (nSPS) is 13.3. The summed E-state index contributed by atoms with van der Waals surface area (Å²) in [6, 6.07) is 20.4. The molecular weight excluding hydrogens is 439 g/mol. The van der Waals surface area contributed by atoms with E-state index in [9.17, 15) is 17.6 Å². The number of halogens is 1. The summed E-state index contributed by atoms with van der Waals surface area (Å²) in [5, 5.41) is 6.18. The first-order valence-corrected chi connectivity index (χ1v) is 12.7. The number of hydrogen-bond acceptors (Lipinski definition) is 4. The summed E-state index contributed by atoms with van der Waals surface area (Å²) < 4.78 is 37.4. The van der Waals surface area contributed by atoms with Crippen molar-refractivity contribution in [3.05, 3.63) is 101 Å². The third-order valence-corrected chi connectivity index (χ3v) is 6.80. The van der Waals surface area contributed by atoms with E-state index in [-0.39, 0.29) is 22.7 Å². The first-order chi connectivity index (χ1) is 15.7. The molecule has 7 heteroatoms. The first-order valence-electron chi connectivity index (χ1n) is 10.8. The molecule has 0 saturated heterocycles. The van der Waals surface area contributed by atoms with Crippen LogP contribution in [0, 0.1) is 12.7 Å². The highest BCUT2D eigenvalue weighted by Gasteiger charge is 2.24. The van der Waals surface area contributed by atoms with Crippen LogP contribution < -0.4 is 10.6 Å². The lowest BCUT2D eigenvalue weighted by atomic mass is 9.95. The van der Waals surface area contributed by atoms with Gasteiger partial charge in [0, 0.05) is 19.3 Å². The smallest absolute Gasteiger partial charge is 0.241 e. The molecule has 3 aromatic carbocycles. The Balaban J connectivity index is 1.88. The molecular formula is C26H29FN2O3S. The van der Waals surface area contributed by atoms with Crippen LogP contribution in [0.4, 0.5) is 4.39 Å². The zero-order valence-electron chi connectivity index (χ0n) is 19.0. The molecule has 0 bridgehead atoms. The number of amides is 1. The van der Waals surface area contributed by atoms with Gasteiger partial charge in [-0.15, -0.1) is 0 Å². The van der Waals surface area contributed by atoms with Gasteiger partial charge in [-0.1, -0.05) is 54.6 Å². The Morgan fingerprint density at radius 2 is 1.64 bits per heavy atom. The van der Waals surface area contributed by atoms with Gasteiger partial charge < -0.3 is 5.32 Å². The Kier molecular flexibility index (Phi) is 8.00. The van der Waals surface area contributed by atoms with Gasteiger partial charge in [-0.05, 0) is 60.2 Å². The number of carbonyl (C=O) groups is 1. The van der Waals surface area contributed by atoms with Gasteiger partial charge in [0.15, 0.2) is 9.84 Å². The van der Waals surface area contributed by atoms with E-state index in [0.29, 0.717) is 18.4 Å². The summed E-state index contributed by atoms with van der Waals surface area (Å²) in [5.41, 5.74) is 3.22. The predicted octanol–water partition coefficient (Wildman–Crippen LogP) is 4.29. The lowest BCUT2D eigenvalue weighted by Crippen LogP contribution is -2.38. The highest BCUT2D eigenvalue weighted by molar-refractivity contribution is 7.90. The number of carbonyl (C=O) groups excluding carboxylic acids is 1. The van der Waals surface area contributed by atoms with Crippen LogP contribution in [-0.4, -0.2) is 27.6 Å². The molecule has 0 saturated carbocycles. The fourth-order valence-corrected chi connectivity index (χ4v) is 4.39. The quantitative estimate of drug-likeness (QED) is 0.491.